The summed E-state index contributed by atoms with van der Waals surface area (Å²) in [5.74, 6) is 0.522. The highest BCUT2D eigenvalue weighted by Crippen LogP contribution is 2.27. The molecule has 3 atom stereocenters. The van der Waals surface area contributed by atoms with Crippen molar-refractivity contribution in [2.75, 3.05) is 19.0 Å². The van der Waals surface area contributed by atoms with Gasteiger partial charge in [0.15, 0.2) is 0 Å². The van der Waals surface area contributed by atoms with Crippen LogP contribution in [0.5, 0.6) is 0 Å². The minimum absolute atomic E-state index is 0.269. The standard InChI is InChI=1S/C11H17N3O4/c1-6-4-14(11(17)13-10(6)12-2)9-3-7(16)8(5-15)18-9/h4,7-9,15-16H,3,5H2,1-2H3,(H,12,13,17)/t7-,8-,9-/m0/s1. The Balaban J connectivity index is 2.30. The first-order valence-corrected chi connectivity index (χ1v) is 5.78. The van der Waals surface area contributed by atoms with Crippen molar-refractivity contribution in [2.24, 2.45) is 0 Å². The van der Waals surface area contributed by atoms with Crippen LogP contribution in [0.1, 0.15) is 18.2 Å². The molecular formula is C11H17N3O4. The smallest absolute Gasteiger partial charge is 0.351 e. The van der Waals surface area contributed by atoms with E-state index < -0.39 is 24.1 Å². The van der Waals surface area contributed by atoms with Gasteiger partial charge in [-0.15, -0.1) is 0 Å². The molecule has 7 nitrogen and oxygen atoms in total. The first-order chi connectivity index (χ1) is 8.56. The molecule has 0 amide bonds. The summed E-state index contributed by atoms with van der Waals surface area (Å²) in [6, 6.07) is 0. The molecule has 2 rings (SSSR count). The van der Waals surface area contributed by atoms with Gasteiger partial charge in [0.1, 0.15) is 18.1 Å². The Morgan fingerprint density at radius 1 is 1.67 bits per heavy atom. The first kappa shape index (κ1) is 13.0. The molecule has 18 heavy (non-hydrogen) atoms. The van der Waals surface area contributed by atoms with Gasteiger partial charge >= 0.3 is 5.69 Å². The molecule has 0 aromatic carbocycles. The quantitative estimate of drug-likeness (QED) is 0.656. The Kier molecular flexibility index (Phi) is 3.65. The molecule has 1 fully saturated rings. The van der Waals surface area contributed by atoms with Crippen LogP contribution < -0.4 is 11.0 Å². The van der Waals surface area contributed by atoms with Crippen LogP contribution in [-0.4, -0.2) is 45.6 Å². The van der Waals surface area contributed by atoms with Crippen molar-refractivity contribution < 1.29 is 14.9 Å². The molecule has 0 bridgehead atoms. The van der Waals surface area contributed by atoms with E-state index >= 15 is 0 Å². The summed E-state index contributed by atoms with van der Waals surface area (Å²) in [7, 11) is 1.69. The van der Waals surface area contributed by atoms with Crippen LogP contribution in [0, 0.1) is 6.92 Å². The van der Waals surface area contributed by atoms with E-state index in [1.807, 2.05) is 6.92 Å². The van der Waals surface area contributed by atoms with Crippen LogP contribution in [0.25, 0.3) is 0 Å². The molecule has 1 aromatic rings. The largest absolute Gasteiger partial charge is 0.394 e. The summed E-state index contributed by atoms with van der Waals surface area (Å²) in [6.45, 7) is 1.55. The Hall–Kier alpha value is -1.44. The van der Waals surface area contributed by atoms with Crippen LogP contribution >= 0.6 is 0 Å². The molecule has 100 valence electrons. The molecule has 7 heteroatoms. The van der Waals surface area contributed by atoms with E-state index in [0.717, 1.165) is 5.56 Å². The van der Waals surface area contributed by atoms with Gasteiger partial charge in [0.05, 0.1) is 12.7 Å². The van der Waals surface area contributed by atoms with Gasteiger partial charge in [-0.2, -0.15) is 4.98 Å². The van der Waals surface area contributed by atoms with Crippen LogP contribution in [0.3, 0.4) is 0 Å². The van der Waals surface area contributed by atoms with Crippen molar-refractivity contribution >= 4 is 5.82 Å². The third-order valence-electron chi connectivity index (χ3n) is 3.07. The maximum Gasteiger partial charge on any atom is 0.351 e. The summed E-state index contributed by atoms with van der Waals surface area (Å²) in [5, 5.41) is 21.5. The highest BCUT2D eigenvalue weighted by Gasteiger charge is 2.35. The monoisotopic (exact) mass is 255 g/mol. The second kappa shape index (κ2) is 5.05. The topological polar surface area (TPSA) is 96.6 Å². The number of hydrogen-bond acceptors (Lipinski definition) is 6. The fraction of sp³-hybridized carbons (Fsp3) is 0.636. The lowest BCUT2D eigenvalue weighted by Crippen LogP contribution is -2.28. The molecule has 0 aliphatic carbocycles. The lowest BCUT2D eigenvalue weighted by Gasteiger charge is -2.15. The van der Waals surface area contributed by atoms with Crippen molar-refractivity contribution in [2.45, 2.75) is 31.8 Å². The minimum Gasteiger partial charge on any atom is -0.394 e. The van der Waals surface area contributed by atoms with Crippen molar-refractivity contribution in [1.29, 1.82) is 0 Å². The van der Waals surface area contributed by atoms with Gasteiger partial charge in [-0.1, -0.05) is 0 Å². The van der Waals surface area contributed by atoms with Crippen LogP contribution in [0.4, 0.5) is 5.82 Å². The second-order valence-electron chi connectivity index (χ2n) is 4.33. The SMILES string of the molecule is CNc1nc(=O)n([C@@H]2C[C@H](O)[C@H](CO)O2)cc1C. The molecule has 0 unspecified atom stereocenters. The average molecular weight is 255 g/mol. The highest BCUT2D eigenvalue weighted by molar-refractivity contribution is 5.40. The lowest BCUT2D eigenvalue weighted by atomic mass is 10.2. The van der Waals surface area contributed by atoms with E-state index in [9.17, 15) is 9.90 Å². The van der Waals surface area contributed by atoms with Crippen LogP contribution in [0.15, 0.2) is 11.0 Å². The number of aryl methyl sites for hydroxylation is 1. The molecule has 0 radical (unpaired) electrons. The summed E-state index contributed by atoms with van der Waals surface area (Å²) in [6.07, 6.45) is -0.0900. The number of hydrogen-bond donors (Lipinski definition) is 3. The molecule has 1 aliphatic rings. The third kappa shape index (κ3) is 2.24. The summed E-state index contributed by atoms with van der Waals surface area (Å²) >= 11 is 0. The van der Waals surface area contributed by atoms with Gasteiger partial charge in [0.2, 0.25) is 0 Å². The summed E-state index contributed by atoms with van der Waals surface area (Å²) < 4.78 is 6.76. The van der Waals surface area contributed by atoms with E-state index in [1.54, 1.807) is 13.2 Å². The number of anilines is 1. The fourth-order valence-corrected chi connectivity index (χ4v) is 2.08. The Morgan fingerprint density at radius 2 is 2.39 bits per heavy atom. The van der Waals surface area contributed by atoms with Gasteiger partial charge in [-0.05, 0) is 6.92 Å². The van der Waals surface area contributed by atoms with E-state index in [-0.39, 0.29) is 13.0 Å². The van der Waals surface area contributed by atoms with Gasteiger partial charge in [-0.3, -0.25) is 4.57 Å². The number of ether oxygens (including phenoxy) is 1. The van der Waals surface area contributed by atoms with Crippen molar-refractivity contribution in [3.63, 3.8) is 0 Å². The molecule has 1 aliphatic heterocycles. The van der Waals surface area contributed by atoms with E-state index in [1.165, 1.54) is 4.57 Å². The maximum atomic E-state index is 11.8. The van der Waals surface area contributed by atoms with Gasteiger partial charge < -0.3 is 20.3 Å². The third-order valence-corrected chi connectivity index (χ3v) is 3.07. The molecule has 1 saturated heterocycles. The summed E-state index contributed by atoms with van der Waals surface area (Å²) in [5.41, 5.74) is 0.364. The number of aromatic nitrogens is 2. The number of aliphatic hydroxyl groups is 2. The van der Waals surface area contributed by atoms with Crippen LogP contribution in [-0.2, 0) is 4.74 Å². The Labute approximate surface area is 104 Å². The first-order valence-electron chi connectivity index (χ1n) is 5.78. The van der Waals surface area contributed by atoms with Crippen molar-refractivity contribution in [3.8, 4) is 0 Å². The second-order valence-corrected chi connectivity index (χ2v) is 4.33. The van der Waals surface area contributed by atoms with Crippen molar-refractivity contribution in [1.82, 2.24) is 9.55 Å². The van der Waals surface area contributed by atoms with Crippen molar-refractivity contribution in [3.05, 3.63) is 22.2 Å². The minimum atomic E-state index is -0.767. The molecule has 0 saturated carbocycles. The molecule has 2 heterocycles. The fourth-order valence-electron chi connectivity index (χ4n) is 2.08. The number of aliphatic hydroxyl groups excluding tert-OH is 2. The average Bonchev–Trinajstić information content (AvgIpc) is 2.72. The number of nitrogens with zero attached hydrogens (tertiary/aromatic N) is 2. The predicted octanol–water partition coefficient (Wildman–Crippen LogP) is -0.766. The molecule has 1 aromatic heterocycles. The van der Waals surface area contributed by atoms with E-state index in [2.05, 4.69) is 10.3 Å². The molecular weight excluding hydrogens is 238 g/mol. The zero-order chi connectivity index (χ0) is 13.3. The number of rotatable bonds is 3. The number of nitrogens with one attached hydrogen (secondary N) is 1. The predicted molar refractivity (Wildman–Crippen MR) is 64.4 cm³/mol. The highest BCUT2D eigenvalue weighted by atomic mass is 16.5. The zero-order valence-corrected chi connectivity index (χ0v) is 10.3. The van der Waals surface area contributed by atoms with E-state index in [4.69, 9.17) is 9.84 Å². The molecule has 3 N–H and O–H groups in total. The summed E-state index contributed by atoms with van der Waals surface area (Å²) in [4.78, 5) is 15.7. The van der Waals surface area contributed by atoms with Gasteiger partial charge in [0.25, 0.3) is 0 Å². The zero-order valence-electron chi connectivity index (χ0n) is 10.3. The lowest BCUT2D eigenvalue weighted by molar-refractivity contribution is -0.0459. The van der Waals surface area contributed by atoms with Gasteiger partial charge in [-0.25, -0.2) is 4.79 Å². The normalized spacial score (nSPS) is 27.4. The Bertz CT molecular complexity index is 488. The Morgan fingerprint density at radius 3 is 2.94 bits per heavy atom. The molecule has 0 spiro atoms. The van der Waals surface area contributed by atoms with Gasteiger partial charge in [0, 0.05) is 25.2 Å². The van der Waals surface area contributed by atoms with Crippen LogP contribution in [0.2, 0.25) is 0 Å². The van der Waals surface area contributed by atoms with E-state index in [0.29, 0.717) is 5.82 Å². The maximum absolute atomic E-state index is 11.8.